The molecule has 2 N–H and O–H groups in total. The topological polar surface area (TPSA) is 38.5 Å². The van der Waals surface area contributed by atoms with E-state index in [9.17, 15) is 0 Å². The molecule has 2 aliphatic heterocycles. The van der Waals surface area contributed by atoms with Gasteiger partial charge >= 0.3 is 0 Å². The molecule has 2 fully saturated rings. The molecule has 3 unspecified atom stereocenters. The summed E-state index contributed by atoms with van der Waals surface area (Å²) in [5, 5.41) is 0. The highest BCUT2D eigenvalue weighted by atomic mass is 16.5. The molecule has 0 saturated carbocycles. The first-order valence-electron chi connectivity index (χ1n) is 8.18. The number of nitrogens with two attached hydrogens (primary N) is 1. The van der Waals surface area contributed by atoms with Gasteiger partial charge in [-0.3, -0.25) is 4.90 Å². The summed E-state index contributed by atoms with van der Waals surface area (Å²) in [5.41, 5.74) is 6.43. The van der Waals surface area contributed by atoms with Gasteiger partial charge in [0, 0.05) is 25.2 Å². The van der Waals surface area contributed by atoms with E-state index in [-0.39, 0.29) is 5.54 Å². The van der Waals surface area contributed by atoms with Gasteiger partial charge in [-0.1, -0.05) is 27.2 Å². The second kappa shape index (κ2) is 6.55. The van der Waals surface area contributed by atoms with Crippen LogP contribution in [0.3, 0.4) is 0 Å². The molecule has 3 atom stereocenters. The first kappa shape index (κ1) is 15.3. The number of ether oxygens (including phenoxy) is 1. The second-order valence-electron chi connectivity index (χ2n) is 6.90. The summed E-state index contributed by atoms with van der Waals surface area (Å²) in [6.45, 7) is 11.0. The lowest BCUT2D eigenvalue weighted by Gasteiger charge is -2.51. The van der Waals surface area contributed by atoms with E-state index in [1.54, 1.807) is 0 Å². The van der Waals surface area contributed by atoms with Crippen LogP contribution in [-0.2, 0) is 4.74 Å². The Balaban J connectivity index is 2.08. The third kappa shape index (κ3) is 3.32. The van der Waals surface area contributed by atoms with E-state index in [1.807, 2.05) is 0 Å². The van der Waals surface area contributed by atoms with Crippen LogP contribution in [0, 0.1) is 11.8 Å². The lowest BCUT2D eigenvalue weighted by atomic mass is 9.79. The van der Waals surface area contributed by atoms with E-state index in [4.69, 9.17) is 10.5 Å². The van der Waals surface area contributed by atoms with Crippen LogP contribution in [0.4, 0.5) is 0 Å². The molecule has 0 radical (unpaired) electrons. The number of hydrogen-bond donors (Lipinski definition) is 1. The van der Waals surface area contributed by atoms with Crippen LogP contribution < -0.4 is 5.73 Å². The van der Waals surface area contributed by atoms with Gasteiger partial charge in [-0.2, -0.15) is 0 Å². The molecule has 2 rings (SSSR count). The van der Waals surface area contributed by atoms with Gasteiger partial charge < -0.3 is 10.5 Å². The van der Waals surface area contributed by atoms with E-state index in [0.29, 0.717) is 12.0 Å². The molecule has 2 aliphatic rings. The Morgan fingerprint density at radius 2 is 2.21 bits per heavy atom. The van der Waals surface area contributed by atoms with Crippen molar-refractivity contribution in [3.63, 3.8) is 0 Å². The molecule has 0 aliphatic carbocycles. The molecule has 2 heterocycles. The zero-order chi connectivity index (χ0) is 13.9. The predicted octanol–water partition coefficient (Wildman–Crippen LogP) is 2.64. The lowest BCUT2D eigenvalue weighted by Crippen LogP contribution is -2.61. The highest BCUT2D eigenvalue weighted by molar-refractivity contribution is 4.98. The highest BCUT2D eigenvalue weighted by Gasteiger charge is 2.42. The Kier molecular flexibility index (Phi) is 5.27. The fourth-order valence-corrected chi connectivity index (χ4v) is 3.79. The Hall–Kier alpha value is -0.120. The SMILES string of the molecule is CCC1CCCN(C2(CN)CCOC(C(C)C)C2)C1. The van der Waals surface area contributed by atoms with Gasteiger partial charge in [0.15, 0.2) is 0 Å². The molecule has 0 amide bonds. The molecule has 3 nitrogen and oxygen atoms in total. The van der Waals surface area contributed by atoms with Gasteiger partial charge in [0.05, 0.1) is 6.10 Å². The first-order chi connectivity index (χ1) is 9.11. The van der Waals surface area contributed by atoms with E-state index in [2.05, 4.69) is 25.7 Å². The Labute approximate surface area is 118 Å². The summed E-state index contributed by atoms with van der Waals surface area (Å²) in [6.07, 6.45) is 6.67. The standard InChI is InChI=1S/C16H32N2O/c1-4-14-6-5-8-18(11-14)16(12-17)7-9-19-15(10-16)13(2)3/h13-15H,4-12,17H2,1-3H3. The van der Waals surface area contributed by atoms with Gasteiger partial charge in [-0.25, -0.2) is 0 Å². The number of nitrogens with zero attached hydrogens (tertiary/aromatic N) is 1. The molecular formula is C16H32N2O. The maximum atomic E-state index is 6.22. The van der Waals surface area contributed by atoms with Crippen molar-refractivity contribution in [2.24, 2.45) is 17.6 Å². The van der Waals surface area contributed by atoms with Crippen molar-refractivity contribution >= 4 is 0 Å². The number of piperidine rings is 1. The van der Waals surface area contributed by atoms with E-state index in [0.717, 1.165) is 31.9 Å². The zero-order valence-electron chi connectivity index (χ0n) is 13.0. The van der Waals surface area contributed by atoms with E-state index >= 15 is 0 Å². The largest absolute Gasteiger partial charge is 0.378 e. The molecule has 19 heavy (non-hydrogen) atoms. The van der Waals surface area contributed by atoms with Crippen LogP contribution in [0.2, 0.25) is 0 Å². The van der Waals surface area contributed by atoms with Crippen molar-refractivity contribution in [3.05, 3.63) is 0 Å². The van der Waals surface area contributed by atoms with Gasteiger partial charge in [0.1, 0.15) is 0 Å². The number of hydrogen-bond acceptors (Lipinski definition) is 3. The molecule has 0 spiro atoms. The Bertz CT molecular complexity index is 282. The van der Waals surface area contributed by atoms with Crippen molar-refractivity contribution < 1.29 is 4.74 Å². The van der Waals surface area contributed by atoms with Crippen LogP contribution in [0.5, 0.6) is 0 Å². The van der Waals surface area contributed by atoms with Crippen molar-refractivity contribution in [2.75, 3.05) is 26.2 Å². The highest BCUT2D eigenvalue weighted by Crippen LogP contribution is 2.36. The van der Waals surface area contributed by atoms with Gasteiger partial charge in [-0.15, -0.1) is 0 Å². The molecule has 2 saturated heterocycles. The monoisotopic (exact) mass is 268 g/mol. The first-order valence-corrected chi connectivity index (χ1v) is 8.18. The molecular weight excluding hydrogens is 236 g/mol. The molecule has 0 bridgehead atoms. The summed E-state index contributed by atoms with van der Waals surface area (Å²) in [6, 6.07) is 0. The maximum Gasteiger partial charge on any atom is 0.0616 e. The van der Waals surface area contributed by atoms with Gasteiger partial charge in [-0.05, 0) is 44.1 Å². The van der Waals surface area contributed by atoms with Crippen LogP contribution in [-0.4, -0.2) is 42.8 Å². The predicted molar refractivity (Wildman–Crippen MR) is 80.2 cm³/mol. The third-order valence-electron chi connectivity index (χ3n) is 5.37. The zero-order valence-corrected chi connectivity index (χ0v) is 13.0. The van der Waals surface area contributed by atoms with Crippen molar-refractivity contribution in [3.8, 4) is 0 Å². The molecule has 0 aromatic carbocycles. The average molecular weight is 268 g/mol. The number of rotatable bonds is 4. The smallest absolute Gasteiger partial charge is 0.0616 e. The summed E-state index contributed by atoms with van der Waals surface area (Å²) >= 11 is 0. The Morgan fingerprint density at radius 1 is 1.42 bits per heavy atom. The maximum absolute atomic E-state index is 6.22. The summed E-state index contributed by atoms with van der Waals surface area (Å²) in [4.78, 5) is 2.71. The normalized spacial score (nSPS) is 37.7. The molecule has 0 aromatic heterocycles. The lowest BCUT2D eigenvalue weighted by molar-refractivity contribution is -0.0960. The third-order valence-corrected chi connectivity index (χ3v) is 5.37. The Morgan fingerprint density at radius 3 is 2.84 bits per heavy atom. The van der Waals surface area contributed by atoms with E-state index < -0.39 is 0 Å². The fraction of sp³-hybridized carbons (Fsp3) is 1.00. The minimum Gasteiger partial charge on any atom is -0.378 e. The molecule has 3 heteroatoms. The van der Waals surface area contributed by atoms with Gasteiger partial charge in [0.2, 0.25) is 0 Å². The van der Waals surface area contributed by atoms with Crippen molar-refractivity contribution in [2.45, 2.75) is 64.5 Å². The number of likely N-dealkylation sites (tertiary alicyclic amines) is 1. The van der Waals surface area contributed by atoms with Crippen molar-refractivity contribution in [1.29, 1.82) is 0 Å². The summed E-state index contributed by atoms with van der Waals surface area (Å²) in [5.74, 6) is 1.47. The van der Waals surface area contributed by atoms with Crippen molar-refractivity contribution in [1.82, 2.24) is 4.90 Å². The summed E-state index contributed by atoms with van der Waals surface area (Å²) in [7, 11) is 0. The van der Waals surface area contributed by atoms with Gasteiger partial charge in [0.25, 0.3) is 0 Å². The van der Waals surface area contributed by atoms with Crippen LogP contribution in [0.1, 0.15) is 52.9 Å². The quantitative estimate of drug-likeness (QED) is 0.852. The second-order valence-corrected chi connectivity index (χ2v) is 6.90. The van der Waals surface area contributed by atoms with Crippen LogP contribution in [0.25, 0.3) is 0 Å². The molecule has 0 aromatic rings. The average Bonchev–Trinajstić information content (AvgIpc) is 2.47. The molecule has 112 valence electrons. The van der Waals surface area contributed by atoms with E-state index in [1.165, 1.54) is 32.4 Å². The summed E-state index contributed by atoms with van der Waals surface area (Å²) < 4.78 is 5.96. The minimum atomic E-state index is 0.209. The van der Waals surface area contributed by atoms with Crippen LogP contribution >= 0.6 is 0 Å². The van der Waals surface area contributed by atoms with Crippen LogP contribution in [0.15, 0.2) is 0 Å². The fourth-order valence-electron chi connectivity index (χ4n) is 3.79. The minimum absolute atomic E-state index is 0.209.